The molecule has 2 aromatic carbocycles. The number of aryl methyl sites for hydroxylation is 2. The first kappa shape index (κ1) is 17.9. The van der Waals surface area contributed by atoms with Crippen molar-refractivity contribution in [2.24, 2.45) is 0 Å². The third-order valence-electron chi connectivity index (χ3n) is 3.63. The monoisotopic (exact) mass is 369 g/mol. The molecule has 0 fully saturated rings. The SMILES string of the molecule is Cc1ccc(OCc2nn(CC(=O)Nc3cccc(C)c3)c(=S)o2)cc1. The van der Waals surface area contributed by atoms with E-state index in [2.05, 4.69) is 10.4 Å². The number of amides is 1. The molecule has 3 aromatic rings. The maximum Gasteiger partial charge on any atom is 0.287 e. The zero-order valence-corrected chi connectivity index (χ0v) is 15.4. The van der Waals surface area contributed by atoms with Crippen LogP contribution >= 0.6 is 12.2 Å². The highest BCUT2D eigenvalue weighted by Crippen LogP contribution is 2.14. The fourth-order valence-electron chi connectivity index (χ4n) is 2.35. The van der Waals surface area contributed by atoms with Gasteiger partial charge in [-0.1, -0.05) is 29.8 Å². The lowest BCUT2D eigenvalue weighted by molar-refractivity contribution is -0.117. The highest BCUT2D eigenvalue weighted by atomic mass is 32.1. The number of rotatable bonds is 6. The van der Waals surface area contributed by atoms with Crippen LogP contribution in [0.3, 0.4) is 0 Å². The summed E-state index contributed by atoms with van der Waals surface area (Å²) in [5.41, 5.74) is 2.95. The van der Waals surface area contributed by atoms with Gasteiger partial charge < -0.3 is 14.5 Å². The van der Waals surface area contributed by atoms with Crippen LogP contribution in [-0.2, 0) is 17.9 Å². The Morgan fingerprint density at radius 1 is 1.19 bits per heavy atom. The highest BCUT2D eigenvalue weighted by molar-refractivity contribution is 7.71. The smallest absolute Gasteiger partial charge is 0.287 e. The summed E-state index contributed by atoms with van der Waals surface area (Å²) in [6.07, 6.45) is 0. The minimum atomic E-state index is -0.231. The van der Waals surface area contributed by atoms with Gasteiger partial charge in [0.15, 0.2) is 6.61 Å². The third kappa shape index (κ3) is 4.80. The number of carbonyl (C=O) groups excluding carboxylic acids is 1. The van der Waals surface area contributed by atoms with Gasteiger partial charge >= 0.3 is 0 Å². The van der Waals surface area contributed by atoms with E-state index in [-0.39, 0.29) is 23.9 Å². The summed E-state index contributed by atoms with van der Waals surface area (Å²) in [5.74, 6) is 0.799. The molecule has 134 valence electrons. The second-order valence-corrected chi connectivity index (χ2v) is 6.29. The van der Waals surface area contributed by atoms with Gasteiger partial charge in [0.05, 0.1) is 0 Å². The fraction of sp³-hybridized carbons (Fsp3) is 0.211. The Morgan fingerprint density at radius 3 is 2.69 bits per heavy atom. The van der Waals surface area contributed by atoms with E-state index >= 15 is 0 Å². The number of aromatic nitrogens is 2. The summed E-state index contributed by atoms with van der Waals surface area (Å²) in [5, 5.41) is 7.01. The highest BCUT2D eigenvalue weighted by Gasteiger charge is 2.11. The van der Waals surface area contributed by atoms with Crippen LogP contribution in [0.2, 0.25) is 0 Å². The Labute approximate surface area is 156 Å². The van der Waals surface area contributed by atoms with Crippen LogP contribution in [0.15, 0.2) is 52.9 Å². The topological polar surface area (TPSA) is 69.3 Å². The van der Waals surface area contributed by atoms with Gasteiger partial charge in [0.1, 0.15) is 12.3 Å². The second kappa shape index (κ2) is 7.97. The molecule has 0 saturated carbocycles. The van der Waals surface area contributed by atoms with Gasteiger partial charge in [-0.25, -0.2) is 4.68 Å². The maximum atomic E-state index is 12.2. The van der Waals surface area contributed by atoms with Crippen LogP contribution in [0, 0.1) is 18.7 Å². The maximum absolute atomic E-state index is 12.2. The Morgan fingerprint density at radius 2 is 1.96 bits per heavy atom. The van der Waals surface area contributed by atoms with Gasteiger partial charge in [-0.2, -0.15) is 0 Å². The van der Waals surface area contributed by atoms with Crippen LogP contribution in [0.25, 0.3) is 0 Å². The fourth-order valence-corrected chi connectivity index (χ4v) is 2.55. The summed E-state index contributed by atoms with van der Waals surface area (Å²) in [4.78, 5) is 12.3. The Bertz CT molecular complexity index is 961. The summed E-state index contributed by atoms with van der Waals surface area (Å²) >= 11 is 5.12. The zero-order chi connectivity index (χ0) is 18.5. The molecule has 0 radical (unpaired) electrons. The van der Waals surface area contributed by atoms with Crippen molar-refractivity contribution in [1.29, 1.82) is 0 Å². The van der Waals surface area contributed by atoms with Crippen molar-refractivity contribution >= 4 is 23.8 Å². The van der Waals surface area contributed by atoms with Crippen LogP contribution in [-0.4, -0.2) is 15.7 Å². The Balaban J connectivity index is 1.59. The normalized spacial score (nSPS) is 10.5. The third-order valence-corrected chi connectivity index (χ3v) is 3.92. The largest absolute Gasteiger partial charge is 0.484 e. The van der Waals surface area contributed by atoms with E-state index in [1.165, 1.54) is 4.68 Å². The van der Waals surface area contributed by atoms with Gasteiger partial charge in [-0.15, -0.1) is 5.10 Å². The molecule has 6 nitrogen and oxygen atoms in total. The molecule has 0 saturated heterocycles. The number of nitrogens with one attached hydrogen (secondary N) is 1. The van der Waals surface area contributed by atoms with Crippen molar-refractivity contribution in [3.63, 3.8) is 0 Å². The lowest BCUT2D eigenvalue weighted by atomic mass is 10.2. The van der Waals surface area contributed by atoms with Crippen molar-refractivity contribution in [2.75, 3.05) is 5.32 Å². The predicted molar refractivity (Wildman–Crippen MR) is 101 cm³/mol. The predicted octanol–water partition coefficient (Wildman–Crippen LogP) is 4.04. The van der Waals surface area contributed by atoms with Crippen molar-refractivity contribution in [3.05, 3.63) is 70.4 Å². The van der Waals surface area contributed by atoms with Gasteiger partial charge in [0.25, 0.3) is 10.7 Å². The molecular formula is C19H19N3O3S. The lowest BCUT2D eigenvalue weighted by Crippen LogP contribution is -2.19. The lowest BCUT2D eigenvalue weighted by Gasteiger charge is -2.05. The van der Waals surface area contributed by atoms with Crippen molar-refractivity contribution in [1.82, 2.24) is 9.78 Å². The molecule has 1 heterocycles. The number of hydrogen-bond acceptors (Lipinski definition) is 5. The molecule has 0 spiro atoms. The molecule has 1 N–H and O–H groups in total. The summed E-state index contributed by atoms with van der Waals surface area (Å²) in [7, 11) is 0. The molecule has 0 aliphatic rings. The number of benzene rings is 2. The molecule has 1 aromatic heterocycles. The Kier molecular flexibility index (Phi) is 5.48. The first-order valence-electron chi connectivity index (χ1n) is 8.12. The molecule has 7 heteroatoms. The van der Waals surface area contributed by atoms with Crippen LogP contribution < -0.4 is 10.1 Å². The minimum Gasteiger partial charge on any atom is -0.484 e. The Hall–Kier alpha value is -2.93. The molecule has 0 bridgehead atoms. The second-order valence-electron chi connectivity index (χ2n) is 5.94. The number of carbonyl (C=O) groups is 1. The quantitative estimate of drug-likeness (QED) is 0.664. The molecule has 0 unspecified atom stereocenters. The summed E-state index contributed by atoms with van der Waals surface area (Å²) in [6.45, 7) is 4.08. The van der Waals surface area contributed by atoms with E-state index in [9.17, 15) is 4.79 Å². The van der Waals surface area contributed by atoms with E-state index in [1.54, 1.807) is 0 Å². The van der Waals surface area contributed by atoms with Gasteiger partial charge in [-0.05, 0) is 55.9 Å². The van der Waals surface area contributed by atoms with Crippen LogP contribution in [0.5, 0.6) is 5.75 Å². The van der Waals surface area contributed by atoms with Gasteiger partial charge in [0, 0.05) is 5.69 Å². The molecular weight excluding hydrogens is 350 g/mol. The number of nitrogens with zero attached hydrogens (tertiary/aromatic N) is 2. The molecule has 0 aliphatic heterocycles. The molecule has 26 heavy (non-hydrogen) atoms. The van der Waals surface area contributed by atoms with E-state index < -0.39 is 0 Å². The van der Waals surface area contributed by atoms with Crippen LogP contribution in [0.1, 0.15) is 17.0 Å². The van der Waals surface area contributed by atoms with E-state index in [4.69, 9.17) is 21.4 Å². The average molecular weight is 369 g/mol. The van der Waals surface area contributed by atoms with Crippen LogP contribution in [0.4, 0.5) is 5.69 Å². The molecule has 3 rings (SSSR count). The van der Waals surface area contributed by atoms with E-state index in [0.717, 1.165) is 16.8 Å². The van der Waals surface area contributed by atoms with Crippen molar-refractivity contribution in [3.8, 4) is 5.75 Å². The van der Waals surface area contributed by atoms with Gasteiger partial charge in [0.2, 0.25) is 5.91 Å². The number of anilines is 1. The average Bonchev–Trinajstić information content (AvgIpc) is 2.94. The van der Waals surface area contributed by atoms with Gasteiger partial charge in [-0.3, -0.25) is 4.79 Å². The summed E-state index contributed by atoms with van der Waals surface area (Å²) < 4.78 is 12.3. The first-order chi connectivity index (χ1) is 12.5. The minimum absolute atomic E-state index is 0.0270. The van der Waals surface area contributed by atoms with Crippen molar-refractivity contribution in [2.45, 2.75) is 27.0 Å². The molecule has 0 atom stereocenters. The number of ether oxygens (including phenoxy) is 1. The standard InChI is InChI=1S/C19H19N3O3S/c1-13-6-8-16(9-7-13)24-12-18-21-22(19(26)25-18)11-17(23)20-15-5-3-4-14(2)10-15/h3-10H,11-12H2,1-2H3,(H,20,23). The van der Waals surface area contributed by atoms with E-state index in [0.29, 0.717) is 11.6 Å². The zero-order valence-electron chi connectivity index (χ0n) is 14.6. The van der Waals surface area contributed by atoms with E-state index in [1.807, 2.05) is 62.4 Å². The molecule has 1 amide bonds. The molecule has 0 aliphatic carbocycles. The number of hydrogen-bond donors (Lipinski definition) is 1. The first-order valence-corrected chi connectivity index (χ1v) is 8.53. The van der Waals surface area contributed by atoms with Crippen molar-refractivity contribution < 1.29 is 13.9 Å². The summed E-state index contributed by atoms with van der Waals surface area (Å²) in [6, 6.07) is 15.2.